The van der Waals surface area contributed by atoms with Crippen LogP contribution in [0.2, 0.25) is 0 Å². The van der Waals surface area contributed by atoms with E-state index < -0.39 is 9.84 Å². The van der Waals surface area contributed by atoms with E-state index in [2.05, 4.69) is 10.1 Å². The number of nitrogens with zero attached hydrogens (tertiary/aromatic N) is 4. The van der Waals surface area contributed by atoms with Crippen LogP contribution in [0, 0.1) is 0 Å². The molecule has 1 amide bonds. The van der Waals surface area contributed by atoms with Gasteiger partial charge in [-0.1, -0.05) is 0 Å². The van der Waals surface area contributed by atoms with Crippen molar-refractivity contribution in [2.45, 2.75) is 24.3 Å². The van der Waals surface area contributed by atoms with Crippen molar-refractivity contribution < 1.29 is 13.2 Å². The van der Waals surface area contributed by atoms with E-state index in [1.54, 1.807) is 4.90 Å². The summed E-state index contributed by atoms with van der Waals surface area (Å²) in [4.78, 5) is 17.4. The molecule has 1 aromatic heterocycles. The zero-order valence-corrected chi connectivity index (χ0v) is 9.88. The standard InChI is InChI=1S/C9H12N4O3S/c14-9(3-12-6-10-5-11-12)13-2-8-1-7(13)4-17(8,15)16/h5-8H,1-4H2. The summed E-state index contributed by atoms with van der Waals surface area (Å²) in [6, 6.07) is -0.138. The minimum absolute atomic E-state index is 0.0853. The zero-order chi connectivity index (χ0) is 12.0. The number of sulfone groups is 1. The molecule has 0 aliphatic carbocycles. The predicted octanol–water partition coefficient (Wildman–Crippen LogP) is -1.32. The highest BCUT2D eigenvalue weighted by molar-refractivity contribution is 7.92. The van der Waals surface area contributed by atoms with Crippen molar-refractivity contribution >= 4 is 15.7 Å². The third-order valence-corrected chi connectivity index (χ3v) is 5.60. The largest absolute Gasteiger partial charge is 0.336 e. The van der Waals surface area contributed by atoms with Gasteiger partial charge in [0, 0.05) is 12.6 Å². The molecule has 0 spiro atoms. The summed E-state index contributed by atoms with van der Waals surface area (Å²) in [6.07, 6.45) is 3.43. The van der Waals surface area contributed by atoms with Gasteiger partial charge in [-0.15, -0.1) is 0 Å². The number of carbonyl (C=O) groups excluding carboxylic acids is 1. The lowest BCUT2D eigenvalue weighted by Crippen LogP contribution is -2.45. The molecule has 2 atom stereocenters. The lowest BCUT2D eigenvalue weighted by molar-refractivity contribution is -0.132. The van der Waals surface area contributed by atoms with Gasteiger partial charge in [-0.2, -0.15) is 5.10 Å². The molecule has 1 aromatic rings. The Labute approximate surface area is 98.3 Å². The molecule has 3 rings (SSSR count). The highest BCUT2D eigenvalue weighted by atomic mass is 32.2. The number of aromatic nitrogens is 3. The second-order valence-electron chi connectivity index (χ2n) is 4.48. The van der Waals surface area contributed by atoms with E-state index in [9.17, 15) is 13.2 Å². The van der Waals surface area contributed by atoms with Crippen LogP contribution < -0.4 is 0 Å². The van der Waals surface area contributed by atoms with Gasteiger partial charge in [0.05, 0.1) is 11.0 Å². The molecule has 2 unspecified atom stereocenters. The van der Waals surface area contributed by atoms with Crippen LogP contribution in [0.4, 0.5) is 0 Å². The van der Waals surface area contributed by atoms with Crippen molar-refractivity contribution in [1.29, 1.82) is 0 Å². The SMILES string of the molecule is O=C(Cn1cncn1)N1CC2CC1CS2(=O)=O. The third kappa shape index (κ3) is 1.72. The molecular formula is C9H12N4O3S. The maximum absolute atomic E-state index is 12.0. The first-order chi connectivity index (χ1) is 8.06. The number of fused-ring (bicyclic) bond motifs is 2. The van der Waals surface area contributed by atoms with E-state index >= 15 is 0 Å². The fourth-order valence-corrected chi connectivity index (χ4v) is 4.57. The Balaban J connectivity index is 1.70. The average Bonchev–Trinajstić information content (AvgIpc) is 2.90. The molecule has 2 aliphatic rings. The van der Waals surface area contributed by atoms with Crippen molar-refractivity contribution in [3.63, 3.8) is 0 Å². The van der Waals surface area contributed by atoms with Gasteiger partial charge in [0.25, 0.3) is 0 Å². The van der Waals surface area contributed by atoms with Gasteiger partial charge in [-0.3, -0.25) is 4.79 Å². The van der Waals surface area contributed by atoms with Gasteiger partial charge >= 0.3 is 0 Å². The maximum atomic E-state index is 12.0. The van der Waals surface area contributed by atoms with Crippen LogP contribution in [0.3, 0.4) is 0 Å². The van der Waals surface area contributed by atoms with Crippen molar-refractivity contribution in [3.05, 3.63) is 12.7 Å². The molecule has 2 saturated heterocycles. The lowest BCUT2D eigenvalue weighted by atomic mass is 10.2. The Hall–Kier alpha value is -1.44. The van der Waals surface area contributed by atoms with Crippen molar-refractivity contribution in [2.75, 3.05) is 12.3 Å². The molecule has 2 fully saturated rings. The Bertz CT molecular complexity index is 539. The van der Waals surface area contributed by atoms with E-state index in [0.717, 1.165) is 0 Å². The summed E-state index contributed by atoms with van der Waals surface area (Å²) < 4.78 is 24.5. The Morgan fingerprint density at radius 3 is 2.82 bits per heavy atom. The topological polar surface area (TPSA) is 85.2 Å². The van der Waals surface area contributed by atoms with Gasteiger partial charge in [0.15, 0.2) is 9.84 Å². The molecular weight excluding hydrogens is 244 g/mol. The summed E-state index contributed by atoms with van der Waals surface area (Å²) in [5, 5.41) is 3.50. The van der Waals surface area contributed by atoms with Crippen molar-refractivity contribution in [2.24, 2.45) is 0 Å². The smallest absolute Gasteiger partial charge is 0.244 e. The van der Waals surface area contributed by atoms with E-state index in [-0.39, 0.29) is 29.5 Å². The monoisotopic (exact) mass is 256 g/mol. The number of rotatable bonds is 2. The minimum atomic E-state index is -2.94. The van der Waals surface area contributed by atoms with Crippen LogP contribution in [0.1, 0.15) is 6.42 Å². The summed E-state index contributed by atoms with van der Waals surface area (Å²) in [6.45, 7) is 0.462. The third-order valence-electron chi connectivity index (χ3n) is 3.39. The summed E-state index contributed by atoms with van der Waals surface area (Å²) in [7, 11) is -2.94. The molecule has 2 aliphatic heterocycles. The second kappa shape index (κ2) is 3.52. The molecule has 8 heteroatoms. The van der Waals surface area contributed by atoms with Crippen LogP contribution in [0.15, 0.2) is 12.7 Å². The lowest BCUT2D eigenvalue weighted by Gasteiger charge is -2.26. The van der Waals surface area contributed by atoms with Crippen LogP contribution in [0.25, 0.3) is 0 Å². The number of amides is 1. The van der Waals surface area contributed by atoms with E-state index in [0.29, 0.717) is 13.0 Å². The number of carbonyl (C=O) groups is 1. The summed E-state index contributed by atoms with van der Waals surface area (Å²) >= 11 is 0. The predicted molar refractivity (Wildman–Crippen MR) is 57.7 cm³/mol. The van der Waals surface area contributed by atoms with Crippen molar-refractivity contribution in [1.82, 2.24) is 19.7 Å². The van der Waals surface area contributed by atoms with Gasteiger partial charge in [-0.25, -0.2) is 18.1 Å². The van der Waals surface area contributed by atoms with Gasteiger partial charge in [0.2, 0.25) is 5.91 Å². The molecule has 17 heavy (non-hydrogen) atoms. The summed E-state index contributed by atoms with van der Waals surface area (Å²) in [5.41, 5.74) is 0. The summed E-state index contributed by atoms with van der Waals surface area (Å²) in [5.74, 6) is 0.0266. The molecule has 0 N–H and O–H groups in total. The number of hydrogen-bond acceptors (Lipinski definition) is 5. The fourth-order valence-electron chi connectivity index (χ4n) is 2.55. The molecule has 0 radical (unpaired) electrons. The first kappa shape index (κ1) is 10.7. The van der Waals surface area contributed by atoms with Crippen LogP contribution >= 0.6 is 0 Å². The Morgan fingerprint density at radius 1 is 1.47 bits per heavy atom. The van der Waals surface area contributed by atoms with E-state index in [4.69, 9.17) is 0 Å². The highest BCUT2D eigenvalue weighted by Gasteiger charge is 2.49. The number of likely N-dealkylation sites (tertiary alicyclic amines) is 1. The zero-order valence-electron chi connectivity index (χ0n) is 9.06. The molecule has 0 aromatic carbocycles. The molecule has 7 nitrogen and oxygen atoms in total. The highest BCUT2D eigenvalue weighted by Crippen LogP contribution is 2.32. The minimum Gasteiger partial charge on any atom is -0.336 e. The first-order valence-electron chi connectivity index (χ1n) is 5.40. The number of hydrogen-bond donors (Lipinski definition) is 0. The van der Waals surface area contributed by atoms with E-state index in [1.165, 1.54) is 17.3 Å². The first-order valence-corrected chi connectivity index (χ1v) is 7.11. The molecule has 92 valence electrons. The van der Waals surface area contributed by atoms with Crippen LogP contribution in [0.5, 0.6) is 0 Å². The molecule has 0 saturated carbocycles. The Kier molecular flexibility index (Phi) is 2.22. The van der Waals surface area contributed by atoms with E-state index in [1.807, 2.05) is 0 Å². The fraction of sp³-hybridized carbons (Fsp3) is 0.667. The molecule has 2 bridgehead atoms. The van der Waals surface area contributed by atoms with Gasteiger partial charge in [-0.05, 0) is 6.42 Å². The quantitative estimate of drug-likeness (QED) is 0.655. The second-order valence-corrected chi connectivity index (χ2v) is 6.81. The van der Waals surface area contributed by atoms with Crippen LogP contribution in [-0.4, -0.2) is 57.6 Å². The van der Waals surface area contributed by atoms with Crippen LogP contribution in [-0.2, 0) is 21.2 Å². The Morgan fingerprint density at radius 2 is 2.29 bits per heavy atom. The normalized spacial score (nSPS) is 29.8. The van der Waals surface area contributed by atoms with Gasteiger partial charge in [0.1, 0.15) is 19.2 Å². The average molecular weight is 256 g/mol. The molecule has 3 heterocycles. The maximum Gasteiger partial charge on any atom is 0.244 e. The van der Waals surface area contributed by atoms with Crippen molar-refractivity contribution in [3.8, 4) is 0 Å². The van der Waals surface area contributed by atoms with Gasteiger partial charge < -0.3 is 4.90 Å².